The molecule has 2 amide bonds. The first-order valence-electron chi connectivity index (χ1n) is 14.4. The first-order valence-corrected chi connectivity index (χ1v) is 14.4. The Kier molecular flexibility index (Phi) is 10.4. The number of carboxylic acid groups (broad SMARTS) is 1. The first-order chi connectivity index (χ1) is 20.5. The van der Waals surface area contributed by atoms with Gasteiger partial charge in [0.25, 0.3) is 0 Å². The van der Waals surface area contributed by atoms with E-state index in [1.807, 2.05) is 36.4 Å². The molecule has 1 unspecified atom stereocenters. The van der Waals surface area contributed by atoms with E-state index >= 15 is 0 Å². The second kappa shape index (κ2) is 13.8. The van der Waals surface area contributed by atoms with Crippen LogP contribution in [0.5, 0.6) is 11.5 Å². The molecule has 5 rings (SSSR count). The molecule has 0 aromatic heterocycles. The number of fused-ring (bicyclic) bond motifs is 1. The Morgan fingerprint density at radius 2 is 1.55 bits per heavy atom. The predicted molar refractivity (Wildman–Crippen MR) is 166 cm³/mol. The number of anilines is 1. The number of hydrogen-bond donors (Lipinski definition) is 3. The van der Waals surface area contributed by atoms with E-state index in [1.165, 1.54) is 6.07 Å². The van der Waals surface area contributed by atoms with Crippen LogP contribution in [0.2, 0.25) is 0 Å². The van der Waals surface area contributed by atoms with E-state index in [0.29, 0.717) is 49.6 Å². The zero-order chi connectivity index (χ0) is 30.7. The highest BCUT2D eigenvalue weighted by atomic mass is 35.5. The largest absolute Gasteiger partial charge is 0.492 e. The molecule has 3 aromatic carbocycles. The fourth-order valence-electron chi connectivity index (χ4n) is 5.51. The molecule has 1 saturated carbocycles. The van der Waals surface area contributed by atoms with E-state index in [-0.39, 0.29) is 30.3 Å². The van der Waals surface area contributed by atoms with Crippen molar-refractivity contribution in [2.45, 2.75) is 44.8 Å². The van der Waals surface area contributed by atoms with Crippen LogP contribution in [0.25, 0.3) is 0 Å². The maximum Gasteiger partial charge on any atom is 0.345 e. The lowest BCUT2D eigenvalue weighted by molar-refractivity contribution is -0.145. The highest BCUT2D eigenvalue weighted by molar-refractivity contribution is 5.90. The summed E-state index contributed by atoms with van der Waals surface area (Å²) in [6, 6.07) is 18.1. The Morgan fingerprint density at radius 1 is 0.955 bits per heavy atom. The minimum Gasteiger partial charge on any atom is -0.492 e. The fourth-order valence-corrected chi connectivity index (χ4v) is 5.51. The molecule has 8 nitrogen and oxygen atoms in total. The molecular formula is C33H38ClF2N3O5. The number of hydrogen-bond acceptors (Lipinski definition) is 5. The van der Waals surface area contributed by atoms with Gasteiger partial charge in [-0.15, -0.1) is 12.4 Å². The molecule has 236 valence electrons. The van der Waals surface area contributed by atoms with Gasteiger partial charge in [-0.1, -0.05) is 51.1 Å². The van der Waals surface area contributed by atoms with Gasteiger partial charge in [0, 0.05) is 32.1 Å². The second-order valence-corrected chi connectivity index (χ2v) is 12.2. The summed E-state index contributed by atoms with van der Waals surface area (Å²) in [5.74, 6) is -0.838. The zero-order valence-corrected chi connectivity index (χ0v) is 25.7. The van der Waals surface area contributed by atoms with Crippen molar-refractivity contribution < 1.29 is 33.0 Å². The maximum absolute atomic E-state index is 13.8. The Hall–Kier alpha value is -3.89. The lowest BCUT2D eigenvalue weighted by Crippen LogP contribution is -2.39. The third-order valence-corrected chi connectivity index (χ3v) is 8.05. The minimum absolute atomic E-state index is 0. The number of rotatable bonds is 11. The van der Waals surface area contributed by atoms with E-state index < -0.39 is 35.4 Å². The molecule has 0 spiro atoms. The van der Waals surface area contributed by atoms with Crippen LogP contribution in [-0.4, -0.2) is 60.4 Å². The number of carboxylic acids is 1. The van der Waals surface area contributed by atoms with Gasteiger partial charge in [0.1, 0.15) is 35.4 Å². The first kappa shape index (κ1) is 33.0. The number of nitrogens with zero attached hydrogens (tertiary/aromatic N) is 1. The van der Waals surface area contributed by atoms with E-state index in [0.717, 1.165) is 23.3 Å². The van der Waals surface area contributed by atoms with E-state index in [1.54, 1.807) is 17.0 Å². The van der Waals surface area contributed by atoms with Gasteiger partial charge in [-0.2, -0.15) is 0 Å². The number of ether oxygens (including phenoxy) is 2. The summed E-state index contributed by atoms with van der Waals surface area (Å²) in [5, 5.41) is 15.5. The number of likely N-dealkylation sites (tertiary alicyclic amines) is 1. The van der Waals surface area contributed by atoms with E-state index in [9.17, 15) is 23.5 Å². The summed E-state index contributed by atoms with van der Waals surface area (Å²) in [6.07, 6.45) is -0.801. The van der Waals surface area contributed by atoms with Crippen molar-refractivity contribution in [1.82, 2.24) is 10.2 Å². The van der Waals surface area contributed by atoms with Crippen LogP contribution in [0.3, 0.4) is 0 Å². The second-order valence-electron chi connectivity index (χ2n) is 12.2. The lowest BCUT2D eigenvalue weighted by Gasteiger charge is -2.21. The molecule has 0 bridgehead atoms. The minimum atomic E-state index is -1.03. The summed E-state index contributed by atoms with van der Waals surface area (Å²) < 4.78 is 39.3. The van der Waals surface area contributed by atoms with Crippen molar-refractivity contribution in [3.8, 4) is 11.5 Å². The molecule has 44 heavy (non-hydrogen) atoms. The van der Waals surface area contributed by atoms with Gasteiger partial charge < -0.3 is 30.1 Å². The van der Waals surface area contributed by atoms with Crippen LogP contribution in [0.4, 0.5) is 19.3 Å². The van der Waals surface area contributed by atoms with Gasteiger partial charge in [-0.25, -0.2) is 18.4 Å². The van der Waals surface area contributed by atoms with Crippen molar-refractivity contribution in [3.05, 3.63) is 89.5 Å². The third kappa shape index (κ3) is 7.98. The van der Waals surface area contributed by atoms with Crippen molar-refractivity contribution in [2.24, 2.45) is 11.8 Å². The summed E-state index contributed by atoms with van der Waals surface area (Å²) in [4.78, 5) is 25.9. The smallest absolute Gasteiger partial charge is 0.345 e. The number of benzene rings is 3. The summed E-state index contributed by atoms with van der Waals surface area (Å²) in [6.45, 7) is 8.46. The molecule has 1 heterocycles. The number of amides is 2. The van der Waals surface area contributed by atoms with Gasteiger partial charge in [-0.05, 0) is 64.8 Å². The van der Waals surface area contributed by atoms with Gasteiger partial charge in [-0.3, -0.25) is 0 Å². The molecule has 1 aliphatic carbocycles. The van der Waals surface area contributed by atoms with Gasteiger partial charge in [0.15, 0.2) is 6.10 Å². The molecule has 3 aromatic rings. The Morgan fingerprint density at radius 3 is 2.11 bits per heavy atom. The van der Waals surface area contributed by atoms with E-state index in [2.05, 4.69) is 31.4 Å². The number of piperidine rings is 1. The third-order valence-electron chi connectivity index (χ3n) is 8.05. The quantitative estimate of drug-likeness (QED) is 0.229. The molecular weight excluding hydrogens is 592 g/mol. The highest BCUT2D eigenvalue weighted by Gasteiger charge is 2.56. The molecule has 2 fully saturated rings. The van der Waals surface area contributed by atoms with Crippen LogP contribution < -0.4 is 20.1 Å². The van der Waals surface area contributed by atoms with Gasteiger partial charge in [0.05, 0.1) is 0 Å². The number of para-hydroxylation sites is 1. The summed E-state index contributed by atoms with van der Waals surface area (Å²) in [5.41, 5.74) is 1.54. The van der Waals surface area contributed by atoms with Crippen molar-refractivity contribution in [1.29, 1.82) is 0 Å². The van der Waals surface area contributed by atoms with Crippen molar-refractivity contribution in [3.63, 3.8) is 0 Å². The Balaban J connectivity index is 0.00000442. The SMILES string of the molecule is CC(C)(C)c1ccc(O[C@@H](Cc2ccc(OCCN[C@H]3C4CN(C(=O)Nc5c(F)cccc5F)C[C@@H]43)cc2)C(=O)O)cc1.Cl. The van der Waals surface area contributed by atoms with Crippen LogP contribution in [-0.2, 0) is 16.6 Å². The van der Waals surface area contributed by atoms with Crippen molar-refractivity contribution in [2.75, 3.05) is 31.6 Å². The van der Waals surface area contributed by atoms with Crippen LogP contribution in [0, 0.1) is 23.5 Å². The normalized spacial score (nSPS) is 19.4. The van der Waals surface area contributed by atoms with Crippen LogP contribution in [0.1, 0.15) is 31.9 Å². The van der Waals surface area contributed by atoms with E-state index in [4.69, 9.17) is 9.47 Å². The van der Waals surface area contributed by atoms with Crippen molar-refractivity contribution >= 4 is 30.1 Å². The van der Waals surface area contributed by atoms with Crippen LogP contribution in [0.15, 0.2) is 66.7 Å². The number of urea groups is 1. The average Bonchev–Trinajstić information content (AvgIpc) is 3.40. The van der Waals surface area contributed by atoms with Crippen LogP contribution >= 0.6 is 12.4 Å². The summed E-state index contributed by atoms with van der Waals surface area (Å²) in [7, 11) is 0. The number of carbonyl (C=O) groups is 2. The molecule has 2 aliphatic rings. The summed E-state index contributed by atoms with van der Waals surface area (Å²) >= 11 is 0. The number of nitrogens with one attached hydrogen (secondary N) is 2. The zero-order valence-electron chi connectivity index (χ0n) is 24.9. The van der Waals surface area contributed by atoms with Gasteiger partial charge in [0.2, 0.25) is 0 Å². The monoisotopic (exact) mass is 629 g/mol. The highest BCUT2D eigenvalue weighted by Crippen LogP contribution is 2.45. The molecule has 1 aliphatic heterocycles. The lowest BCUT2D eigenvalue weighted by atomic mass is 9.87. The standard InChI is InChI=1S/C33H37F2N3O5.ClH/c1-33(2,3)21-9-13-23(14-10-21)43-28(31(39)40)17-20-7-11-22(12-8-20)42-16-15-36-29-24-18-38(19-25(24)29)32(41)37-30-26(34)5-4-6-27(30)35;/h4-14,24-25,28-29,36H,15-19H2,1-3H3,(H,37,41)(H,39,40);1H/t24-,25?,28-,29+;/m0./s1. The maximum atomic E-state index is 13.8. The number of aliphatic carboxylic acids is 1. The average molecular weight is 630 g/mol. The fraction of sp³-hybridized carbons (Fsp3) is 0.394. The van der Waals surface area contributed by atoms with Gasteiger partial charge >= 0.3 is 12.0 Å². The predicted octanol–water partition coefficient (Wildman–Crippen LogP) is 5.89. The molecule has 3 N–H and O–H groups in total. The number of halogens is 3. The Labute approximate surface area is 262 Å². The topological polar surface area (TPSA) is 100 Å². The Bertz CT molecular complexity index is 1420. The molecule has 0 radical (unpaired) electrons. The molecule has 1 saturated heterocycles. The molecule has 4 atom stereocenters. The molecule has 11 heteroatoms. The number of carbonyl (C=O) groups excluding carboxylic acids is 1.